The molecule has 2 aromatic rings. The fourth-order valence-corrected chi connectivity index (χ4v) is 4.73. The van der Waals surface area contributed by atoms with E-state index in [0.717, 1.165) is 0 Å². The molecule has 0 amide bonds. The molecule has 1 aliphatic heterocycles. The molecule has 1 aromatic carbocycles. The van der Waals surface area contributed by atoms with E-state index in [9.17, 15) is 18.0 Å². The maximum atomic E-state index is 13.0. The topological polar surface area (TPSA) is 121 Å². The molecule has 3 rings (SSSR count). The van der Waals surface area contributed by atoms with Crippen LogP contribution in [0.15, 0.2) is 40.2 Å². The summed E-state index contributed by atoms with van der Waals surface area (Å²) in [4.78, 5) is 24.0. The number of ether oxygens (including phenoxy) is 2. The van der Waals surface area contributed by atoms with Crippen LogP contribution < -0.4 is 11.3 Å². The molecule has 1 atom stereocenters. The average Bonchev–Trinajstić information content (AvgIpc) is 3.08. The molecule has 2 heterocycles. The van der Waals surface area contributed by atoms with Crippen molar-refractivity contribution in [1.82, 2.24) is 8.87 Å². The number of nitrogens with two attached hydrogens (primary N) is 1. The van der Waals surface area contributed by atoms with E-state index >= 15 is 0 Å². The quantitative estimate of drug-likeness (QED) is 0.745. The molecule has 1 aliphatic rings. The molecule has 2 N–H and O–H groups in total. The first-order chi connectivity index (χ1) is 12.8. The Hall–Kier alpha value is -2.43. The lowest BCUT2D eigenvalue weighted by molar-refractivity contribution is 0.0362. The van der Waals surface area contributed by atoms with Gasteiger partial charge < -0.3 is 15.2 Å². The van der Waals surface area contributed by atoms with Crippen molar-refractivity contribution in [2.45, 2.75) is 31.0 Å². The highest BCUT2D eigenvalue weighted by Crippen LogP contribution is 2.26. The van der Waals surface area contributed by atoms with E-state index in [-0.39, 0.29) is 36.2 Å². The lowest BCUT2D eigenvalue weighted by Crippen LogP contribution is -2.32. The van der Waals surface area contributed by atoms with Crippen LogP contribution in [0.1, 0.15) is 13.3 Å². The highest BCUT2D eigenvalue weighted by molar-refractivity contribution is 7.89. The van der Waals surface area contributed by atoms with Crippen molar-refractivity contribution in [3.8, 4) is 0 Å². The molecular weight excluding hydrogens is 374 g/mol. The molecule has 146 valence electrons. The summed E-state index contributed by atoms with van der Waals surface area (Å²) in [6.07, 6.45) is 1.10. The Balaban J connectivity index is 1.97. The molecule has 27 heavy (non-hydrogen) atoms. The molecule has 1 saturated heterocycles. The minimum Gasteiger partial charge on any atom is -0.435 e. The molecule has 10 heteroatoms. The lowest BCUT2D eigenvalue weighted by atomic mass is 10.2. The van der Waals surface area contributed by atoms with Crippen LogP contribution in [0.2, 0.25) is 0 Å². The first kappa shape index (κ1) is 19.3. The summed E-state index contributed by atoms with van der Waals surface area (Å²) in [7, 11) is -3.76. The number of sulfonamides is 1. The minimum absolute atomic E-state index is 0.0599. The summed E-state index contributed by atoms with van der Waals surface area (Å²) in [5.41, 5.74) is 5.36. The van der Waals surface area contributed by atoms with Crippen molar-refractivity contribution in [2.24, 2.45) is 5.73 Å². The standard InChI is InChI=1S/C17H21N3O6S/c1-2-25-17(22)26-11-19-8-7-13-14(16(19)21)4-3-5-15(13)27(23,24)20-9-6-12(18)10-20/h3-5,7-8,12H,2,6,9-11,18H2,1H3/t12-/m1/s1. The number of carbonyl (C=O) groups excluding carboxylic acids is 1. The Labute approximate surface area is 156 Å². The average molecular weight is 395 g/mol. The van der Waals surface area contributed by atoms with Gasteiger partial charge in [0.05, 0.1) is 11.5 Å². The predicted octanol–water partition coefficient (Wildman–Crippen LogP) is 0.854. The summed E-state index contributed by atoms with van der Waals surface area (Å²) < 4.78 is 37.9. The molecule has 0 radical (unpaired) electrons. The van der Waals surface area contributed by atoms with E-state index in [0.29, 0.717) is 18.4 Å². The Morgan fingerprint density at radius 1 is 1.26 bits per heavy atom. The van der Waals surface area contributed by atoms with Gasteiger partial charge in [0.1, 0.15) is 0 Å². The van der Waals surface area contributed by atoms with Gasteiger partial charge in [0.15, 0.2) is 6.73 Å². The first-order valence-corrected chi connectivity index (χ1v) is 9.96. The van der Waals surface area contributed by atoms with Gasteiger partial charge in [0, 0.05) is 36.1 Å². The molecule has 0 saturated carbocycles. The second-order valence-electron chi connectivity index (χ2n) is 6.18. The van der Waals surface area contributed by atoms with E-state index in [4.69, 9.17) is 10.5 Å². The number of pyridine rings is 1. The number of aromatic nitrogens is 1. The number of rotatable bonds is 5. The van der Waals surface area contributed by atoms with E-state index in [1.54, 1.807) is 6.92 Å². The highest BCUT2D eigenvalue weighted by atomic mass is 32.2. The van der Waals surface area contributed by atoms with Gasteiger partial charge in [-0.1, -0.05) is 6.07 Å². The zero-order valence-electron chi connectivity index (χ0n) is 14.8. The smallest absolute Gasteiger partial charge is 0.435 e. The summed E-state index contributed by atoms with van der Waals surface area (Å²) in [6.45, 7) is 2.07. The SMILES string of the molecule is CCOC(=O)OCn1ccc2c(S(=O)(=O)N3CC[C@@H](N)C3)cccc2c1=O. The Kier molecular flexibility index (Phi) is 5.49. The molecule has 9 nitrogen and oxygen atoms in total. The first-order valence-electron chi connectivity index (χ1n) is 8.52. The van der Waals surface area contributed by atoms with E-state index in [2.05, 4.69) is 4.74 Å². The van der Waals surface area contributed by atoms with Gasteiger partial charge in [-0.15, -0.1) is 0 Å². The molecular formula is C17H21N3O6S. The van der Waals surface area contributed by atoms with Gasteiger partial charge >= 0.3 is 6.16 Å². The summed E-state index contributed by atoms with van der Waals surface area (Å²) in [5, 5.41) is 0.532. The van der Waals surface area contributed by atoms with Crippen LogP contribution in [0.4, 0.5) is 4.79 Å². The minimum atomic E-state index is -3.76. The zero-order valence-corrected chi connectivity index (χ0v) is 15.6. The Morgan fingerprint density at radius 2 is 2.04 bits per heavy atom. The normalized spacial score (nSPS) is 17.9. The molecule has 1 fully saturated rings. The number of carbonyl (C=O) groups is 1. The fourth-order valence-electron chi connectivity index (χ4n) is 3.01. The number of hydrogen-bond acceptors (Lipinski definition) is 7. The summed E-state index contributed by atoms with van der Waals surface area (Å²) in [5.74, 6) is 0. The van der Waals surface area contributed by atoms with Crippen LogP contribution in [0.25, 0.3) is 10.8 Å². The summed E-state index contributed by atoms with van der Waals surface area (Å²) in [6, 6.07) is 5.86. The van der Waals surface area contributed by atoms with Crippen molar-refractivity contribution in [3.63, 3.8) is 0 Å². The monoisotopic (exact) mass is 395 g/mol. The predicted molar refractivity (Wildman–Crippen MR) is 97.7 cm³/mol. The third-order valence-corrected chi connectivity index (χ3v) is 6.29. The van der Waals surface area contributed by atoms with Crippen molar-refractivity contribution in [3.05, 3.63) is 40.8 Å². The summed E-state index contributed by atoms with van der Waals surface area (Å²) >= 11 is 0. The van der Waals surface area contributed by atoms with Crippen LogP contribution in [0, 0.1) is 0 Å². The van der Waals surface area contributed by atoms with Crippen LogP contribution >= 0.6 is 0 Å². The van der Waals surface area contributed by atoms with E-state index in [1.165, 1.54) is 39.3 Å². The van der Waals surface area contributed by atoms with Gasteiger partial charge in [-0.05, 0) is 31.5 Å². The van der Waals surface area contributed by atoms with Crippen molar-refractivity contribution in [1.29, 1.82) is 0 Å². The molecule has 0 spiro atoms. The van der Waals surface area contributed by atoms with Crippen molar-refractivity contribution < 1.29 is 22.7 Å². The van der Waals surface area contributed by atoms with Crippen molar-refractivity contribution >= 4 is 27.0 Å². The maximum Gasteiger partial charge on any atom is 0.510 e. The zero-order chi connectivity index (χ0) is 19.6. The Morgan fingerprint density at radius 3 is 2.70 bits per heavy atom. The third-order valence-electron chi connectivity index (χ3n) is 4.37. The van der Waals surface area contributed by atoms with Crippen LogP contribution in [0.5, 0.6) is 0 Å². The molecule has 0 bridgehead atoms. The second-order valence-corrected chi connectivity index (χ2v) is 8.08. The van der Waals surface area contributed by atoms with Gasteiger partial charge in [-0.2, -0.15) is 4.31 Å². The highest BCUT2D eigenvalue weighted by Gasteiger charge is 2.32. The van der Waals surface area contributed by atoms with Gasteiger partial charge in [0.25, 0.3) is 5.56 Å². The second kappa shape index (κ2) is 7.67. The number of nitrogens with zero attached hydrogens (tertiary/aromatic N) is 2. The van der Waals surface area contributed by atoms with Crippen LogP contribution in [-0.2, 0) is 26.2 Å². The molecule has 1 aromatic heterocycles. The Bertz CT molecular complexity index is 1020. The number of fused-ring (bicyclic) bond motifs is 1. The maximum absolute atomic E-state index is 13.0. The van der Waals surface area contributed by atoms with Gasteiger partial charge in [0.2, 0.25) is 10.0 Å². The largest absolute Gasteiger partial charge is 0.510 e. The third kappa shape index (κ3) is 3.82. The molecule has 0 aliphatic carbocycles. The van der Waals surface area contributed by atoms with Gasteiger partial charge in [-0.25, -0.2) is 13.2 Å². The van der Waals surface area contributed by atoms with Crippen LogP contribution in [-0.4, -0.2) is 49.2 Å². The van der Waals surface area contributed by atoms with Crippen LogP contribution in [0.3, 0.4) is 0 Å². The fraction of sp³-hybridized carbons (Fsp3) is 0.412. The number of hydrogen-bond donors (Lipinski definition) is 1. The van der Waals surface area contributed by atoms with Gasteiger partial charge in [-0.3, -0.25) is 9.36 Å². The number of benzene rings is 1. The van der Waals surface area contributed by atoms with Crippen molar-refractivity contribution in [2.75, 3.05) is 19.7 Å². The van der Waals surface area contributed by atoms with E-state index < -0.39 is 21.7 Å². The van der Waals surface area contributed by atoms with E-state index in [1.807, 2.05) is 0 Å². The molecule has 0 unspecified atom stereocenters. The lowest BCUT2D eigenvalue weighted by Gasteiger charge is -2.17.